The molecule has 1 aromatic carbocycles. The third-order valence-corrected chi connectivity index (χ3v) is 6.10. The van der Waals surface area contributed by atoms with Gasteiger partial charge in [-0.1, -0.05) is 0 Å². The Morgan fingerprint density at radius 1 is 1.33 bits per heavy atom. The smallest absolute Gasteiger partial charge is 0.243 e. The molecule has 3 rings (SSSR count). The molecule has 8 nitrogen and oxygen atoms in total. The third kappa shape index (κ3) is 3.42. The summed E-state index contributed by atoms with van der Waals surface area (Å²) >= 11 is 0. The molecule has 130 valence electrons. The lowest BCUT2D eigenvalue weighted by Crippen LogP contribution is -2.30. The zero-order valence-corrected chi connectivity index (χ0v) is 14.3. The molecule has 0 bridgehead atoms. The van der Waals surface area contributed by atoms with Crippen LogP contribution in [0.1, 0.15) is 12.2 Å². The predicted octanol–water partition coefficient (Wildman–Crippen LogP) is 0.363. The van der Waals surface area contributed by atoms with E-state index >= 15 is 0 Å². The van der Waals surface area contributed by atoms with Crippen molar-refractivity contribution in [1.29, 1.82) is 0 Å². The lowest BCUT2D eigenvalue weighted by molar-refractivity contribution is 0.289. The average molecular weight is 351 g/mol. The number of nitrogens with two attached hydrogens (primary N) is 1. The van der Waals surface area contributed by atoms with E-state index in [0.717, 1.165) is 6.42 Å². The Kier molecular flexibility index (Phi) is 4.83. The van der Waals surface area contributed by atoms with Crippen molar-refractivity contribution in [1.82, 2.24) is 19.1 Å². The highest BCUT2D eigenvalue weighted by molar-refractivity contribution is 7.89. The Balaban J connectivity index is 1.66. The van der Waals surface area contributed by atoms with Gasteiger partial charge in [-0.25, -0.2) is 13.4 Å². The van der Waals surface area contributed by atoms with Gasteiger partial charge in [0.25, 0.3) is 0 Å². The normalized spacial score (nSPS) is 18.8. The number of aryl methyl sites for hydroxylation is 1. The minimum absolute atomic E-state index is 0.244. The zero-order chi connectivity index (χ0) is 17.2. The van der Waals surface area contributed by atoms with Gasteiger partial charge < -0.3 is 10.5 Å². The summed E-state index contributed by atoms with van der Waals surface area (Å²) in [5, 5.41) is 3.96. The Bertz CT molecular complexity index is 788. The van der Waals surface area contributed by atoms with Crippen LogP contribution < -0.4 is 10.5 Å². The molecule has 0 saturated carbocycles. The van der Waals surface area contributed by atoms with Crippen molar-refractivity contribution in [3.8, 4) is 5.75 Å². The summed E-state index contributed by atoms with van der Waals surface area (Å²) < 4.78 is 34.0. The topological polar surface area (TPSA) is 103 Å². The average Bonchev–Trinajstić information content (AvgIpc) is 3.22. The fraction of sp³-hybridized carbons (Fsp3) is 0.467. The van der Waals surface area contributed by atoms with Crippen LogP contribution in [0, 0.1) is 5.92 Å². The van der Waals surface area contributed by atoms with Gasteiger partial charge in [-0.3, -0.25) is 4.68 Å². The summed E-state index contributed by atoms with van der Waals surface area (Å²) in [4.78, 5) is 4.34. The zero-order valence-electron chi connectivity index (χ0n) is 13.5. The number of sulfonamides is 1. The van der Waals surface area contributed by atoms with E-state index in [-0.39, 0.29) is 17.4 Å². The van der Waals surface area contributed by atoms with E-state index in [1.807, 2.05) is 0 Å². The van der Waals surface area contributed by atoms with E-state index in [1.165, 1.54) is 10.6 Å². The standard InChI is InChI=1S/C15H21N5O3S/c1-19-15(17-11-18-19)10-23-13-2-4-14(5-3-13)24(21,22)20-7-6-12(8-16)9-20/h2-5,11-12H,6-10,16H2,1H3. The molecule has 0 aliphatic carbocycles. The van der Waals surface area contributed by atoms with Crippen molar-refractivity contribution >= 4 is 10.0 Å². The fourth-order valence-corrected chi connectivity index (χ4v) is 4.19. The number of rotatable bonds is 6. The second kappa shape index (κ2) is 6.88. The number of aromatic nitrogens is 3. The van der Waals surface area contributed by atoms with Gasteiger partial charge in [0, 0.05) is 20.1 Å². The molecule has 1 unspecified atom stereocenters. The van der Waals surface area contributed by atoms with Crippen LogP contribution in [0.25, 0.3) is 0 Å². The van der Waals surface area contributed by atoms with Crippen LogP contribution in [0.3, 0.4) is 0 Å². The van der Waals surface area contributed by atoms with E-state index in [4.69, 9.17) is 10.5 Å². The molecular formula is C15H21N5O3S. The summed E-state index contributed by atoms with van der Waals surface area (Å²) in [6, 6.07) is 6.44. The van der Waals surface area contributed by atoms with Gasteiger partial charge in [-0.2, -0.15) is 9.40 Å². The molecule has 2 heterocycles. The molecule has 9 heteroatoms. The molecule has 0 spiro atoms. The second-order valence-electron chi connectivity index (χ2n) is 5.81. The molecule has 2 aromatic rings. The highest BCUT2D eigenvalue weighted by atomic mass is 32.2. The van der Waals surface area contributed by atoms with Crippen molar-refractivity contribution in [3.05, 3.63) is 36.4 Å². The van der Waals surface area contributed by atoms with Crippen molar-refractivity contribution in [3.63, 3.8) is 0 Å². The second-order valence-corrected chi connectivity index (χ2v) is 7.75. The molecule has 1 aliphatic heterocycles. The van der Waals surface area contributed by atoms with Gasteiger partial charge >= 0.3 is 0 Å². The number of benzene rings is 1. The molecule has 1 saturated heterocycles. The van der Waals surface area contributed by atoms with Crippen LogP contribution in [0.4, 0.5) is 0 Å². The molecule has 1 fully saturated rings. The van der Waals surface area contributed by atoms with Gasteiger partial charge in [-0.15, -0.1) is 0 Å². The summed E-state index contributed by atoms with van der Waals surface area (Å²) in [6.07, 6.45) is 2.27. The van der Waals surface area contributed by atoms with Crippen LogP contribution >= 0.6 is 0 Å². The van der Waals surface area contributed by atoms with E-state index < -0.39 is 10.0 Å². The molecule has 24 heavy (non-hydrogen) atoms. The SMILES string of the molecule is Cn1ncnc1COc1ccc(S(=O)(=O)N2CCC(CN)C2)cc1. The van der Waals surface area contributed by atoms with Gasteiger partial charge in [0.2, 0.25) is 10.0 Å². The molecular weight excluding hydrogens is 330 g/mol. The van der Waals surface area contributed by atoms with E-state index in [1.54, 1.807) is 36.0 Å². The Morgan fingerprint density at radius 3 is 2.67 bits per heavy atom. The number of nitrogens with zero attached hydrogens (tertiary/aromatic N) is 4. The van der Waals surface area contributed by atoms with Gasteiger partial charge in [-0.05, 0) is 43.1 Å². The van der Waals surface area contributed by atoms with Crippen molar-refractivity contribution in [2.75, 3.05) is 19.6 Å². The van der Waals surface area contributed by atoms with Crippen molar-refractivity contribution < 1.29 is 13.2 Å². The Morgan fingerprint density at radius 2 is 2.08 bits per heavy atom. The highest BCUT2D eigenvalue weighted by Gasteiger charge is 2.31. The van der Waals surface area contributed by atoms with Crippen molar-refractivity contribution in [2.24, 2.45) is 18.7 Å². The van der Waals surface area contributed by atoms with Crippen LogP contribution in [-0.2, 0) is 23.7 Å². The fourth-order valence-electron chi connectivity index (χ4n) is 2.66. The molecule has 1 atom stereocenters. The van der Waals surface area contributed by atoms with E-state index in [2.05, 4.69) is 10.1 Å². The monoisotopic (exact) mass is 351 g/mol. The minimum Gasteiger partial charge on any atom is -0.486 e. The van der Waals surface area contributed by atoms with Crippen LogP contribution in [-0.4, -0.2) is 47.1 Å². The largest absolute Gasteiger partial charge is 0.486 e. The highest BCUT2D eigenvalue weighted by Crippen LogP contribution is 2.25. The third-order valence-electron chi connectivity index (χ3n) is 4.22. The maximum Gasteiger partial charge on any atom is 0.243 e. The van der Waals surface area contributed by atoms with Crippen molar-refractivity contribution in [2.45, 2.75) is 17.9 Å². The van der Waals surface area contributed by atoms with E-state index in [0.29, 0.717) is 31.2 Å². The van der Waals surface area contributed by atoms with Gasteiger partial charge in [0.1, 0.15) is 18.7 Å². The first-order valence-corrected chi connectivity index (χ1v) is 9.20. The number of ether oxygens (including phenoxy) is 1. The van der Waals surface area contributed by atoms with Crippen LogP contribution in [0.15, 0.2) is 35.5 Å². The molecule has 0 radical (unpaired) electrons. The minimum atomic E-state index is -3.47. The summed E-state index contributed by atoms with van der Waals surface area (Å²) in [7, 11) is -1.68. The lowest BCUT2D eigenvalue weighted by atomic mass is 10.1. The number of hydrogen-bond acceptors (Lipinski definition) is 6. The predicted molar refractivity (Wildman–Crippen MR) is 87.7 cm³/mol. The molecule has 0 amide bonds. The number of hydrogen-bond donors (Lipinski definition) is 1. The summed E-state index contributed by atoms with van der Waals surface area (Å²) in [5.74, 6) is 1.52. The summed E-state index contributed by atoms with van der Waals surface area (Å²) in [6.45, 7) is 1.80. The first kappa shape index (κ1) is 16.9. The van der Waals surface area contributed by atoms with Gasteiger partial charge in [0.15, 0.2) is 5.82 Å². The quantitative estimate of drug-likeness (QED) is 0.806. The summed E-state index contributed by atoms with van der Waals surface area (Å²) in [5.41, 5.74) is 5.63. The Hall–Kier alpha value is -1.97. The van der Waals surface area contributed by atoms with Crippen LogP contribution in [0.2, 0.25) is 0 Å². The Labute approximate surface area is 141 Å². The van der Waals surface area contributed by atoms with Gasteiger partial charge in [0.05, 0.1) is 4.90 Å². The first-order chi connectivity index (χ1) is 11.5. The molecule has 1 aliphatic rings. The lowest BCUT2D eigenvalue weighted by Gasteiger charge is -2.16. The maximum absolute atomic E-state index is 12.6. The van der Waals surface area contributed by atoms with Crippen LogP contribution in [0.5, 0.6) is 5.75 Å². The maximum atomic E-state index is 12.6. The first-order valence-electron chi connectivity index (χ1n) is 7.76. The molecule has 1 aromatic heterocycles. The van der Waals surface area contributed by atoms with E-state index in [9.17, 15) is 8.42 Å². The molecule has 2 N–H and O–H groups in total.